The standard InChI is InChI=1S/C14H17N3O/c1-2-4-13-12(3-1)17-14(18-13)16-11-7-9-5-6-10(8-11)15-9/h1-4,9-11,15H,5-8H2,(H,16,17). The average molecular weight is 243 g/mol. The van der Waals surface area contributed by atoms with Crippen LogP contribution in [0.25, 0.3) is 11.1 Å². The molecule has 2 unspecified atom stereocenters. The first kappa shape index (κ1) is 10.4. The van der Waals surface area contributed by atoms with Crippen molar-refractivity contribution in [2.75, 3.05) is 5.32 Å². The summed E-state index contributed by atoms with van der Waals surface area (Å²) in [5.74, 6) is 0. The Bertz CT molecular complexity index is 520. The van der Waals surface area contributed by atoms with Gasteiger partial charge in [-0.05, 0) is 37.8 Å². The zero-order valence-electron chi connectivity index (χ0n) is 10.2. The summed E-state index contributed by atoms with van der Waals surface area (Å²) in [6.45, 7) is 0. The predicted octanol–water partition coefficient (Wildman–Crippen LogP) is 2.52. The van der Waals surface area contributed by atoms with Gasteiger partial charge in [-0.2, -0.15) is 4.98 Å². The van der Waals surface area contributed by atoms with E-state index >= 15 is 0 Å². The predicted molar refractivity (Wildman–Crippen MR) is 70.6 cm³/mol. The van der Waals surface area contributed by atoms with Crippen molar-refractivity contribution in [3.63, 3.8) is 0 Å². The zero-order valence-corrected chi connectivity index (χ0v) is 10.2. The highest BCUT2D eigenvalue weighted by molar-refractivity contribution is 5.74. The fourth-order valence-corrected chi connectivity index (χ4v) is 3.28. The number of aromatic nitrogens is 1. The van der Waals surface area contributed by atoms with E-state index in [0.717, 1.165) is 11.1 Å². The molecule has 2 aliphatic heterocycles. The van der Waals surface area contributed by atoms with E-state index in [4.69, 9.17) is 4.42 Å². The van der Waals surface area contributed by atoms with Crippen LogP contribution in [0, 0.1) is 0 Å². The lowest BCUT2D eigenvalue weighted by molar-refractivity contribution is 0.373. The van der Waals surface area contributed by atoms with Crippen molar-refractivity contribution in [3.05, 3.63) is 24.3 Å². The quantitative estimate of drug-likeness (QED) is 0.851. The number of oxazole rings is 1. The third-order valence-corrected chi connectivity index (χ3v) is 4.09. The summed E-state index contributed by atoms with van der Waals surface area (Å²) in [5.41, 5.74) is 1.79. The van der Waals surface area contributed by atoms with Crippen molar-refractivity contribution >= 4 is 17.1 Å². The molecular weight excluding hydrogens is 226 g/mol. The Balaban J connectivity index is 1.54. The first-order valence-corrected chi connectivity index (χ1v) is 6.75. The van der Waals surface area contributed by atoms with Gasteiger partial charge in [0.05, 0.1) is 0 Å². The molecule has 4 rings (SSSR count). The van der Waals surface area contributed by atoms with E-state index in [1.165, 1.54) is 25.7 Å². The Labute approximate surface area is 106 Å². The van der Waals surface area contributed by atoms with E-state index in [1.54, 1.807) is 0 Å². The number of nitrogens with zero attached hydrogens (tertiary/aromatic N) is 1. The Morgan fingerprint density at radius 1 is 1.17 bits per heavy atom. The summed E-state index contributed by atoms with van der Waals surface area (Å²) < 4.78 is 5.72. The third-order valence-electron chi connectivity index (χ3n) is 4.09. The highest BCUT2D eigenvalue weighted by Gasteiger charge is 2.33. The van der Waals surface area contributed by atoms with Gasteiger partial charge in [0.25, 0.3) is 6.01 Å². The molecule has 2 bridgehead atoms. The first-order valence-electron chi connectivity index (χ1n) is 6.75. The fourth-order valence-electron chi connectivity index (χ4n) is 3.28. The number of rotatable bonds is 2. The second-order valence-corrected chi connectivity index (χ2v) is 5.44. The van der Waals surface area contributed by atoms with Gasteiger partial charge in [0.15, 0.2) is 5.58 Å². The zero-order chi connectivity index (χ0) is 11.9. The number of benzene rings is 1. The molecule has 18 heavy (non-hydrogen) atoms. The van der Waals surface area contributed by atoms with E-state index in [1.807, 2.05) is 24.3 Å². The number of fused-ring (bicyclic) bond motifs is 3. The molecule has 2 aliphatic rings. The molecule has 2 fully saturated rings. The molecule has 2 N–H and O–H groups in total. The lowest BCUT2D eigenvalue weighted by Crippen LogP contribution is -2.43. The minimum Gasteiger partial charge on any atom is -0.424 e. The number of para-hydroxylation sites is 2. The van der Waals surface area contributed by atoms with E-state index in [2.05, 4.69) is 15.6 Å². The number of anilines is 1. The van der Waals surface area contributed by atoms with Crippen LogP contribution in [0.5, 0.6) is 0 Å². The molecule has 1 aromatic carbocycles. The molecule has 1 aromatic heterocycles. The first-order chi connectivity index (χ1) is 8.87. The van der Waals surface area contributed by atoms with Crippen molar-refractivity contribution in [3.8, 4) is 0 Å². The van der Waals surface area contributed by atoms with Gasteiger partial charge in [0.2, 0.25) is 0 Å². The summed E-state index contributed by atoms with van der Waals surface area (Å²) in [4.78, 5) is 4.48. The van der Waals surface area contributed by atoms with Crippen molar-refractivity contribution in [1.29, 1.82) is 0 Å². The summed E-state index contributed by atoms with van der Waals surface area (Å²) in [7, 11) is 0. The van der Waals surface area contributed by atoms with E-state index in [-0.39, 0.29) is 0 Å². The van der Waals surface area contributed by atoms with Crippen LogP contribution in [0.3, 0.4) is 0 Å². The van der Waals surface area contributed by atoms with Crippen molar-refractivity contribution in [2.45, 2.75) is 43.8 Å². The van der Waals surface area contributed by atoms with Gasteiger partial charge >= 0.3 is 0 Å². The van der Waals surface area contributed by atoms with E-state index in [0.29, 0.717) is 24.1 Å². The van der Waals surface area contributed by atoms with Crippen LogP contribution in [0.15, 0.2) is 28.7 Å². The maximum absolute atomic E-state index is 5.72. The van der Waals surface area contributed by atoms with Gasteiger partial charge in [-0.3, -0.25) is 0 Å². The summed E-state index contributed by atoms with van der Waals surface area (Å²) in [6.07, 6.45) is 4.98. The molecule has 2 saturated heterocycles. The highest BCUT2D eigenvalue weighted by Crippen LogP contribution is 2.29. The van der Waals surface area contributed by atoms with Crippen LogP contribution in [0.2, 0.25) is 0 Å². The Morgan fingerprint density at radius 3 is 2.72 bits per heavy atom. The third kappa shape index (κ3) is 1.77. The molecule has 0 aliphatic carbocycles. The normalized spacial score (nSPS) is 30.8. The number of hydrogen-bond donors (Lipinski definition) is 2. The molecule has 0 spiro atoms. The maximum atomic E-state index is 5.72. The SMILES string of the molecule is c1ccc2oc(NC3CC4CCC(C3)N4)nc2c1. The topological polar surface area (TPSA) is 50.1 Å². The summed E-state index contributed by atoms with van der Waals surface area (Å²) >= 11 is 0. The minimum absolute atomic E-state index is 0.497. The van der Waals surface area contributed by atoms with Crippen LogP contribution in [0.4, 0.5) is 6.01 Å². The molecule has 2 aromatic rings. The monoisotopic (exact) mass is 243 g/mol. The molecule has 0 saturated carbocycles. The molecule has 4 nitrogen and oxygen atoms in total. The van der Waals surface area contributed by atoms with Gasteiger partial charge < -0.3 is 15.1 Å². The molecule has 0 amide bonds. The lowest BCUT2D eigenvalue weighted by atomic mass is 10.0. The van der Waals surface area contributed by atoms with Gasteiger partial charge in [-0.25, -0.2) is 0 Å². The van der Waals surface area contributed by atoms with Crippen LogP contribution < -0.4 is 10.6 Å². The smallest absolute Gasteiger partial charge is 0.295 e. The van der Waals surface area contributed by atoms with Crippen LogP contribution in [-0.4, -0.2) is 23.1 Å². The fraction of sp³-hybridized carbons (Fsp3) is 0.500. The Morgan fingerprint density at radius 2 is 1.94 bits per heavy atom. The molecule has 2 atom stereocenters. The molecule has 4 heteroatoms. The van der Waals surface area contributed by atoms with Gasteiger partial charge in [-0.1, -0.05) is 12.1 Å². The largest absolute Gasteiger partial charge is 0.424 e. The number of hydrogen-bond acceptors (Lipinski definition) is 4. The molecular formula is C14H17N3O. The highest BCUT2D eigenvalue weighted by atomic mass is 16.4. The van der Waals surface area contributed by atoms with Crippen molar-refractivity contribution < 1.29 is 4.42 Å². The average Bonchev–Trinajstić information content (AvgIpc) is 2.92. The van der Waals surface area contributed by atoms with E-state index < -0.39 is 0 Å². The summed E-state index contributed by atoms with van der Waals surface area (Å²) in [6, 6.07) is 10.4. The molecule has 0 radical (unpaired) electrons. The van der Waals surface area contributed by atoms with Gasteiger partial charge in [0, 0.05) is 18.1 Å². The van der Waals surface area contributed by atoms with Crippen LogP contribution in [-0.2, 0) is 0 Å². The minimum atomic E-state index is 0.497. The maximum Gasteiger partial charge on any atom is 0.295 e. The second kappa shape index (κ2) is 3.99. The Kier molecular flexibility index (Phi) is 2.30. The second-order valence-electron chi connectivity index (χ2n) is 5.44. The van der Waals surface area contributed by atoms with Crippen molar-refractivity contribution in [2.24, 2.45) is 0 Å². The van der Waals surface area contributed by atoms with Crippen LogP contribution in [0.1, 0.15) is 25.7 Å². The molecule has 3 heterocycles. The Hall–Kier alpha value is -1.55. The van der Waals surface area contributed by atoms with E-state index in [9.17, 15) is 0 Å². The molecule has 94 valence electrons. The lowest BCUT2D eigenvalue weighted by Gasteiger charge is -2.29. The van der Waals surface area contributed by atoms with Gasteiger partial charge in [0.1, 0.15) is 5.52 Å². The number of piperidine rings is 1. The van der Waals surface area contributed by atoms with Crippen LogP contribution >= 0.6 is 0 Å². The van der Waals surface area contributed by atoms with Gasteiger partial charge in [-0.15, -0.1) is 0 Å². The van der Waals surface area contributed by atoms with Crippen molar-refractivity contribution in [1.82, 2.24) is 10.3 Å². The summed E-state index contributed by atoms with van der Waals surface area (Å²) in [5, 5.41) is 7.09. The number of nitrogens with one attached hydrogen (secondary N) is 2.